The highest BCUT2D eigenvalue weighted by Gasteiger charge is 2.43. The molecule has 6 heteroatoms. The minimum absolute atomic E-state index is 0.716. The summed E-state index contributed by atoms with van der Waals surface area (Å²) in [6.45, 7) is 9.11. The molecule has 0 aromatic rings. The van der Waals surface area contributed by atoms with E-state index in [0.717, 1.165) is 0 Å². The SMILES string of the molecule is CC(C)[Si](Br)(Br)C[Si](Br)(Br)C(C)C. The van der Waals surface area contributed by atoms with E-state index in [9.17, 15) is 0 Å². The summed E-state index contributed by atoms with van der Waals surface area (Å²) in [7, 11) is 0. The standard InChI is InChI=1S/C7H16Br4Si2/c1-6(2)12(8,9)5-13(10,11)7(3)4/h6-7H,5H2,1-4H3. The fraction of sp³-hybridized carbons (Fsp3) is 1.00. The van der Waals surface area contributed by atoms with Crippen LogP contribution in [-0.4, -0.2) is 10.6 Å². The summed E-state index contributed by atoms with van der Waals surface area (Å²) in [5, 5.41) is -2.77. The van der Waals surface area contributed by atoms with Gasteiger partial charge in [0.1, 0.15) is 0 Å². The molecule has 0 nitrogen and oxygen atoms in total. The van der Waals surface area contributed by atoms with Crippen molar-refractivity contribution in [2.24, 2.45) is 0 Å². The van der Waals surface area contributed by atoms with Gasteiger partial charge in [-0.1, -0.05) is 27.7 Å². The molecule has 0 saturated carbocycles. The van der Waals surface area contributed by atoms with Crippen molar-refractivity contribution < 1.29 is 0 Å². The minimum Gasteiger partial charge on any atom is -0.111 e. The zero-order valence-corrected chi connectivity index (χ0v) is 16.7. The predicted octanol–water partition coefficient (Wildman–Crippen LogP) is 5.81. The van der Waals surface area contributed by atoms with Crippen molar-refractivity contribution >= 4 is 71.8 Å². The molecule has 0 saturated heterocycles. The Morgan fingerprint density at radius 1 is 0.769 bits per heavy atom. The lowest BCUT2D eigenvalue weighted by Crippen LogP contribution is -2.35. The van der Waals surface area contributed by atoms with Crippen molar-refractivity contribution in [3.8, 4) is 0 Å². The van der Waals surface area contributed by atoms with Gasteiger partial charge in [0.25, 0.3) is 0 Å². The second-order valence-electron chi connectivity index (χ2n) is 4.01. The summed E-state index contributed by atoms with van der Waals surface area (Å²) in [6.07, 6.45) is 0. The Hall–Kier alpha value is 2.35. The third-order valence-corrected chi connectivity index (χ3v) is 30.4. The Morgan fingerprint density at radius 3 is 1.15 bits per heavy atom. The molecule has 0 atom stereocenters. The molecule has 0 unspecified atom stereocenters. The van der Waals surface area contributed by atoms with E-state index in [1.807, 2.05) is 0 Å². The lowest BCUT2D eigenvalue weighted by atomic mass is 10.6. The highest BCUT2D eigenvalue weighted by molar-refractivity contribution is 9.53. The maximum absolute atomic E-state index is 3.88. The molecule has 0 heterocycles. The van der Waals surface area contributed by atoms with Crippen LogP contribution in [0.2, 0.25) is 16.7 Å². The zero-order valence-electron chi connectivity index (χ0n) is 8.37. The van der Waals surface area contributed by atoms with Crippen LogP contribution >= 0.6 is 61.2 Å². The first-order chi connectivity index (χ1) is 5.59. The van der Waals surface area contributed by atoms with Gasteiger partial charge >= 0.3 is 0 Å². The topological polar surface area (TPSA) is 0 Å². The van der Waals surface area contributed by atoms with Gasteiger partial charge in [-0.15, -0.1) is 61.2 Å². The average Bonchev–Trinajstić information content (AvgIpc) is 1.83. The van der Waals surface area contributed by atoms with Crippen molar-refractivity contribution in [2.75, 3.05) is 0 Å². The fourth-order valence-corrected chi connectivity index (χ4v) is 36.0. The second-order valence-corrected chi connectivity index (χ2v) is 34.1. The molecule has 13 heavy (non-hydrogen) atoms. The van der Waals surface area contributed by atoms with Crippen molar-refractivity contribution in [3.63, 3.8) is 0 Å². The van der Waals surface area contributed by atoms with Gasteiger partial charge in [0.05, 0.1) is 0 Å². The number of halogens is 4. The third kappa shape index (κ3) is 5.29. The monoisotopic (exact) mass is 472 g/mol. The van der Waals surface area contributed by atoms with Crippen molar-refractivity contribution in [1.29, 1.82) is 0 Å². The van der Waals surface area contributed by atoms with Gasteiger partial charge in [0, 0.05) is 0 Å². The van der Waals surface area contributed by atoms with Crippen LogP contribution in [0.4, 0.5) is 0 Å². The maximum atomic E-state index is 3.88. The molecule has 0 aliphatic rings. The van der Waals surface area contributed by atoms with Crippen LogP contribution in [0.15, 0.2) is 0 Å². The molecule has 0 amide bonds. The molecule has 0 fully saturated rings. The van der Waals surface area contributed by atoms with Crippen LogP contribution in [-0.2, 0) is 0 Å². The van der Waals surface area contributed by atoms with Gasteiger partial charge in [-0.3, -0.25) is 0 Å². The van der Waals surface area contributed by atoms with Crippen molar-refractivity contribution in [3.05, 3.63) is 0 Å². The first-order valence-electron chi connectivity index (χ1n) is 4.35. The summed E-state index contributed by atoms with van der Waals surface area (Å²) in [5.74, 6) is 0. The van der Waals surface area contributed by atoms with Gasteiger partial charge in [-0.25, -0.2) is 0 Å². The summed E-state index contributed by atoms with van der Waals surface area (Å²) >= 11 is 15.5. The first kappa shape index (κ1) is 15.4. The van der Waals surface area contributed by atoms with Gasteiger partial charge in [-0.2, -0.15) is 0 Å². The van der Waals surface area contributed by atoms with E-state index in [-0.39, 0.29) is 0 Å². The van der Waals surface area contributed by atoms with Gasteiger partial charge in [0.2, 0.25) is 10.6 Å². The normalized spacial score (nSPS) is 14.3. The first-order valence-corrected chi connectivity index (χ1v) is 17.9. The van der Waals surface area contributed by atoms with Crippen LogP contribution in [0.1, 0.15) is 27.7 Å². The smallest absolute Gasteiger partial charge is 0.111 e. The van der Waals surface area contributed by atoms with Crippen LogP contribution in [0.3, 0.4) is 0 Å². The predicted molar refractivity (Wildman–Crippen MR) is 82.2 cm³/mol. The Bertz CT molecular complexity index is 150. The van der Waals surface area contributed by atoms with E-state index in [1.165, 1.54) is 5.67 Å². The van der Waals surface area contributed by atoms with Crippen LogP contribution in [0, 0.1) is 0 Å². The Kier molecular flexibility index (Phi) is 6.63. The summed E-state index contributed by atoms with van der Waals surface area (Å²) < 4.78 is 0. The van der Waals surface area contributed by atoms with E-state index in [0.29, 0.717) is 11.1 Å². The molecule has 0 radical (unpaired) electrons. The van der Waals surface area contributed by atoms with Gasteiger partial charge in [0.15, 0.2) is 0 Å². The molecule has 0 aliphatic heterocycles. The largest absolute Gasteiger partial charge is 0.202 e. The highest BCUT2D eigenvalue weighted by atomic mass is 79.9. The van der Waals surface area contributed by atoms with Crippen LogP contribution in [0.5, 0.6) is 0 Å². The summed E-state index contributed by atoms with van der Waals surface area (Å²) in [4.78, 5) is 0. The van der Waals surface area contributed by atoms with Crippen molar-refractivity contribution in [1.82, 2.24) is 0 Å². The van der Waals surface area contributed by atoms with E-state index < -0.39 is 10.6 Å². The summed E-state index contributed by atoms with van der Waals surface area (Å²) in [5.41, 5.74) is 2.69. The number of hydrogen-bond acceptors (Lipinski definition) is 0. The van der Waals surface area contributed by atoms with Gasteiger partial charge < -0.3 is 0 Å². The average molecular weight is 476 g/mol. The van der Waals surface area contributed by atoms with Gasteiger partial charge in [-0.05, 0) is 16.7 Å². The Labute approximate surface area is 115 Å². The second kappa shape index (κ2) is 5.61. The molecule has 80 valence electrons. The Morgan fingerprint density at radius 2 is 1.00 bits per heavy atom. The third-order valence-electron chi connectivity index (χ3n) is 2.16. The van der Waals surface area contributed by atoms with Crippen molar-refractivity contribution in [2.45, 2.75) is 44.4 Å². The molecule has 0 aromatic heterocycles. The molecule has 0 bridgehead atoms. The molecule has 0 aliphatic carbocycles. The Balaban J connectivity index is 4.42. The minimum atomic E-state index is -1.39. The van der Waals surface area contributed by atoms with E-state index >= 15 is 0 Å². The molecular weight excluding hydrogens is 460 g/mol. The van der Waals surface area contributed by atoms with Crippen LogP contribution < -0.4 is 0 Å². The van der Waals surface area contributed by atoms with Crippen LogP contribution in [0.25, 0.3) is 0 Å². The molecule has 0 spiro atoms. The lowest BCUT2D eigenvalue weighted by Gasteiger charge is -2.31. The van der Waals surface area contributed by atoms with E-state index in [2.05, 4.69) is 88.9 Å². The van der Waals surface area contributed by atoms with E-state index in [4.69, 9.17) is 0 Å². The summed E-state index contributed by atoms with van der Waals surface area (Å²) in [6, 6.07) is 0. The quantitative estimate of drug-likeness (QED) is 0.355. The zero-order chi connectivity index (χ0) is 10.9. The molecular formula is C7H16Br4Si2. The maximum Gasteiger partial charge on any atom is 0.202 e. The molecule has 0 aromatic carbocycles. The number of rotatable bonds is 4. The molecule has 0 N–H and O–H groups in total. The fourth-order valence-electron chi connectivity index (χ4n) is 0.722. The lowest BCUT2D eigenvalue weighted by molar-refractivity contribution is 1.03. The van der Waals surface area contributed by atoms with E-state index in [1.54, 1.807) is 0 Å². The molecule has 0 rings (SSSR count). The highest BCUT2D eigenvalue weighted by Crippen LogP contribution is 2.47. The number of hydrogen-bond donors (Lipinski definition) is 0.